The van der Waals surface area contributed by atoms with E-state index in [0.717, 1.165) is 26.2 Å². The van der Waals surface area contributed by atoms with Gasteiger partial charge in [0.05, 0.1) is 11.0 Å². The molecule has 3 nitrogen and oxygen atoms in total. The van der Waals surface area contributed by atoms with Crippen LogP contribution in [0.1, 0.15) is 18.1 Å². The van der Waals surface area contributed by atoms with Crippen LogP contribution in [-0.4, -0.2) is 42.1 Å². The topological polar surface area (TPSA) is 32.5 Å². The summed E-state index contributed by atoms with van der Waals surface area (Å²) < 4.78 is 0. The Labute approximate surface area is 121 Å². The zero-order valence-corrected chi connectivity index (χ0v) is 12.8. The van der Waals surface area contributed by atoms with Gasteiger partial charge in [0.15, 0.2) is 0 Å². The van der Waals surface area contributed by atoms with Crippen molar-refractivity contribution in [3.63, 3.8) is 0 Å². The number of rotatable bonds is 3. The monoisotopic (exact) mass is 277 g/mol. The summed E-state index contributed by atoms with van der Waals surface area (Å²) in [5.41, 5.74) is 9.84. The lowest BCUT2D eigenvalue weighted by atomic mass is 10.1. The van der Waals surface area contributed by atoms with E-state index >= 15 is 0 Å². The molecule has 1 aliphatic heterocycles. The Kier molecular flexibility index (Phi) is 4.42. The Morgan fingerprint density at radius 1 is 1.21 bits per heavy atom. The molecule has 1 saturated heterocycles. The van der Waals surface area contributed by atoms with E-state index in [1.54, 1.807) is 0 Å². The molecular formula is C15H23N3S. The number of nitrogens with two attached hydrogens (primary N) is 1. The molecule has 0 saturated carbocycles. The first-order chi connectivity index (χ1) is 9.00. The molecule has 1 unspecified atom stereocenters. The van der Waals surface area contributed by atoms with Crippen LogP contribution in [0.4, 0.5) is 5.69 Å². The third kappa shape index (κ3) is 3.07. The lowest BCUT2D eigenvalue weighted by Gasteiger charge is -2.39. The smallest absolute Gasteiger partial charge is 0.0899 e. The molecule has 19 heavy (non-hydrogen) atoms. The molecule has 0 radical (unpaired) electrons. The number of benzene rings is 1. The van der Waals surface area contributed by atoms with E-state index in [4.69, 9.17) is 18.0 Å². The van der Waals surface area contributed by atoms with Crippen LogP contribution >= 0.6 is 12.2 Å². The fraction of sp³-hybridized carbons (Fsp3) is 0.533. The summed E-state index contributed by atoms with van der Waals surface area (Å²) in [7, 11) is 0. The molecule has 1 aromatic rings. The van der Waals surface area contributed by atoms with Crippen LogP contribution in [0.3, 0.4) is 0 Å². The fourth-order valence-electron chi connectivity index (χ4n) is 2.61. The standard InChI is InChI=1S/C15H23N3S/c1-11-5-4-6-14(12(11)2)18-9-7-17(8-10-18)13(3)15(16)19/h4-6,13H,7-10H2,1-3H3,(H2,16,19). The number of nitrogens with zero attached hydrogens (tertiary/aromatic N) is 2. The normalized spacial score (nSPS) is 18.4. The maximum Gasteiger partial charge on any atom is 0.0899 e. The second-order valence-corrected chi connectivity index (χ2v) is 5.79. The Morgan fingerprint density at radius 3 is 2.42 bits per heavy atom. The molecule has 2 rings (SSSR count). The highest BCUT2D eigenvalue weighted by atomic mass is 32.1. The van der Waals surface area contributed by atoms with Gasteiger partial charge < -0.3 is 10.6 Å². The predicted octanol–water partition coefficient (Wildman–Crippen LogP) is 2.10. The van der Waals surface area contributed by atoms with Gasteiger partial charge in [-0.15, -0.1) is 0 Å². The molecule has 1 atom stereocenters. The fourth-order valence-corrected chi connectivity index (χ4v) is 2.76. The van der Waals surface area contributed by atoms with E-state index in [0.29, 0.717) is 4.99 Å². The number of aryl methyl sites for hydroxylation is 1. The first kappa shape index (κ1) is 14.3. The zero-order valence-electron chi connectivity index (χ0n) is 12.0. The Balaban J connectivity index is 2.04. The van der Waals surface area contributed by atoms with E-state index in [-0.39, 0.29) is 6.04 Å². The summed E-state index contributed by atoms with van der Waals surface area (Å²) in [5.74, 6) is 0. The lowest BCUT2D eigenvalue weighted by molar-refractivity contribution is 0.239. The molecule has 1 fully saturated rings. The molecule has 1 heterocycles. The molecule has 0 bridgehead atoms. The molecule has 4 heteroatoms. The van der Waals surface area contributed by atoms with Gasteiger partial charge in [-0.25, -0.2) is 0 Å². The lowest BCUT2D eigenvalue weighted by Crippen LogP contribution is -2.52. The van der Waals surface area contributed by atoms with Crippen molar-refractivity contribution in [2.75, 3.05) is 31.1 Å². The van der Waals surface area contributed by atoms with E-state index in [1.807, 2.05) is 0 Å². The van der Waals surface area contributed by atoms with E-state index in [1.165, 1.54) is 16.8 Å². The van der Waals surface area contributed by atoms with Crippen LogP contribution in [-0.2, 0) is 0 Å². The highest BCUT2D eigenvalue weighted by Crippen LogP contribution is 2.24. The summed E-state index contributed by atoms with van der Waals surface area (Å²) in [6, 6.07) is 6.73. The number of hydrogen-bond donors (Lipinski definition) is 1. The first-order valence-electron chi connectivity index (χ1n) is 6.85. The van der Waals surface area contributed by atoms with Crippen molar-refractivity contribution in [3.8, 4) is 0 Å². The van der Waals surface area contributed by atoms with Gasteiger partial charge in [-0.3, -0.25) is 4.90 Å². The Bertz CT molecular complexity index is 464. The zero-order chi connectivity index (χ0) is 14.0. The highest BCUT2D eigenvalue weighted by molar-refractivity contribution is 7.80. The minimum Gasteiger partial charge on any atom is -0.392 e. The molecule has 1 aliphatic rings. The molecule has 1 aromatic carbocycles. The molecular weight excluding hydrogens is 254 g/mol. The Morgan fingerprint density at radius 2 is 1.84 bits per heavy atom. The second-order valence-electron chi connectivity index (χ2n) is 5.32. The third-order valence-corrected chi connectivity index (χ3v) is 4.53. The minimum absolute atomic E-state index is 0.204. The van der Waals surface area contributed by atoms with Crippen LogP contribution in [0.5, 0.6) is 0 Å². The summed E-state index contributed by atoms with van der Waals surface area (Å²) in [6.07, 6.45) is 0. The van der Waals surface area contributed by atoms with Crippen molar-refractivity contribution in [1.29, 1.82) is 0 Å². The van der Waals surface area contributed by atoms with Crippen LogP contribution < -0.4 is 10.6 Å². The molecule has 104 valence electrons. The van der Waals surface area contributed by atoms with Gasteiger partial charge in [0.1, 0.15) is 0 Å². The summed E-state index contributed by atoms with van der Waals surface area (Å²) in [6.45, 7) is 10.6. The van der Waals surface area contributed by atoms with Gasteiger partial charge in [0.25, 0.3) is 0 Å². The quantitative estimate of drug-likeness (QED) is 0.858. The van der Waals surface area contributed by atoms with Gasteiger partial charge in [0.2, 0.25) is 0 Å². The van der Waals surface area contributed by atoms with Gasteiger partial charge in [-0.2, -0.15) is 0 Å². The Hall–Kier alpha value is -1.13. The van der Waals surface area contributed by atoms with Crippen molar-refractivity contribution >= 4 is 22.9 Å². The number of anilines is 1. The molecule has 0 aromatic heterocycles. The second kappa shape index (κ2) is 5.88. The summed E-state index contributed by atoms with van der Waals surface area (Å²) >= 11 is 5.08. The average Bonchev–Trinajstić information content (AvgIpc) is 2.41. The van der Waals surface area contributed by atoms with Crippen LogP contribution in [0.25, 0.3) is 0 Å². The SMILES string of the molecule is Cc1cccc(N2CCN(C(C)C(N)=S)CC2)c1C. The van der Waals surface area contributed by atoms with E-state index in [2.05, 4.69) is 48.8 Å². The highest BCUT2D eigenvalue weighted by Gasteiger charge is 2.23. The van der Waals surface area contributed by atoms with Gasteiger partial charge >= 0.3 is 0 Å². The number of hydrogen-bond acceptors (Lipinski definition) is 3. The van der Waals surface area contributed by atoms with Crippen LogP contribution in [0.15, 0.2) is 18.2 Å². The number of thiocarbonyl (C=S) groups is 1. The van der Waals surface area contributed by atoms with Gasteiger partial charge in [-0.1, -0.05) is 24.4 Å². The maximum absolute atomic E-state index is 5.73. The largest absolute Gasteiger partial charge is 0.392 e. The summed E-state index contributed by atoms with van der Waals surface area (Å²) in [5, 5.41) is 0. The van der Waals surface area contributed by atoms with Gasteiger partial charge in [-0.05, 0) is 38.0 Å². The van der Waals surface area contributed by atoms with E-state index in [9.17, 15) is 0 Å². The summed E-state index contributed by atoms with van der Waals surface area (Å²) in [4.78, 5) is 5.43. The van der Waals surface area contributed by atoms with Crippen LogP contribution in [0.2, 0.25) is 0 Å². The van der Waals surface area contributed by atoms with Crippen molar-refractivity contribution in [2.24, 2.45) is 5.73 Å². The molecule has 0 amide bonds. The molecule has 0 spiro atoms. The minimum atomic E-state index is 0.204. The van der Waals surface area contributed by atoms with Crippen molar-refractivity contribution in [3.05, 3.63) is 29.3 Å². The van der Waals surface area contributed by atoms with Crippen LogP contribution in [0, 0.1) is 13.8 Å². The maximum atomic E-state index is 5.73. The number of piperazine rings is 1. The van der Waals surface area contributed by atoms with Crippen molar-refractivity contribution in [1.82, 2.24) is 4.90 Å². The van der Waals surface area contributed by atoms with Gasteiger partial charge in [0, 0.05) is 31.9 Å². The first-order valence-corrected chi connectivity index (χ1v) is 7.26. The molecule has 2 N–H and O–H groups in total. The predicted molar refractivity (Wildman–Crippen MR) is 85.9 cm³/mol. The molecule has 0 aliphatic carbocycles. The van der Waals surface area contributed by atoms with Crippen molar-refractivity contribution < 1.29 is 0 Å². The van der Waals surface area contributed by atoms with Crippen molar-refractivity contribution in [2.45, 2.75) is 26.8 Å². The third-order valence-electron chi connectivity index (χ3n) is 4.19. The van der Waals surface area contributed by atoms with E-state index < -0.39 is 0 Å². The average molecular weight is 277 g/mol.